The van der Waals surface area contributed by atoms with E-state index in [-0.39, 0.29) is 11.7 Å². The monoisotopic (exact) mass is 255 g/mol. The van der Waals surface area contributed by atoms with Gasteiger partial charge in [-0.2, -0.15) is 0 Å². The minimum atomic E-state index is -0.141. The Morgan fingerprint density at radius 1 is 1.28 bits per heavy atom. The molecule has 3 nitrogen and oxygen atoms in total. The molecule has 0 radical (unpaired) electrons. The second-order valence-electron chi connectivity index (χ2n) is 6.58. The van der Waals surface area contributed by atoms with Crippen molar-refractivity contribution in [2.24, 2.45) is 16.3 Å². The van der Waals surface area contributed by atoms with Crippen molar-refractivity contribution >= 4 is 5.71 Å². The van der Waals surface area contributed by atoms with Crippen molar-refractivity contribution < 1.29 is 9.47 Å². The Hall–Kier alpha value is -0.410. The molecule has 1 heterocycles. The number of hydrogen-bond acceptors (Lipinski definition) is 3. The highest BCUT2D eigenvalue weighted by atomic mass is 16.7. The predicted molar refractivity (Wildman–Crippen MR) is 76.1 cm³/mol. The summed E-state index contributed by atoms with van der Waals surface area (Å²) in [6.07, 6.45) is 3.46. The van der Waals surface area contributed by atoms with Crippen LogP contribution in [0.5, 0.6) is 0 Å². The molecule has 1 fully saturated rings. The Balaban J connectivity index is 2.19. The van der Waals surface area contributed by atoms with Gasteiger partial charge in [0.2, 0.25) is 0 Å². The van der Waals surface area contributed by atoms with Gasteiger partial charge >= 0.3 is 0 Å². The molecule has 18 heavy (non-hydrogen) atoms. The number of hydrogen-bond donors (Lipinski definition) is 0. The summed E-state index contributed by atoms with van der Waals surface area (Å²) >= 11 is 0. The van der Waals surface area contributed by atoms with E-state index in [9.17, 15) is 0 Å². The van der Waals surface area contributed by atoms with E-state index in [1.54, 1.807) is 0 Å². The molecular formula is C15H29NO2. The van der Waals surface area contributed by atoms with Gasteiger partial charge in [0.25, 0.3) is 0 Å². The zero-order valence-electron chi connectivity index (χ0n) is 12.7. The van der Waals surface area contributed by atoms with Crippen molar-refractivity contribution in [1.29, 1.82) is 0 Å². The summed E-state index contributed by atoms with van der Waals surface area (Å²) in [6.45, 7) is 13.1. The van der Waals surface area contributed by atoms with Crippen molar-refractivity contribution in [3.63, 3.8) is 0 Å². The van der Waals surface area contributed by atoms with Gasteiger partial charge in [0.05, 0.1) is 19.8 Å². The van der Waals surface area contributed by atoms with Gasteiger partial charge in [0, 0.05) is 11.1 Å². The minimum Gasteiger partial charge on any atom is -0.350 e. The van der Waals surface area contributed by atoms with Crippen LogP contribution in [0, 0.1) is 11.3 Å². The number of rotatable bonds is 6. The van der Waals surface area contributed by atoms with Crippen LogP contribution in [0.15, 0.2) is 4.99 Å². The normalized spacial score (nSPS) is 21.6. The van der Waals surface area contributed by atoms with Crippen LogP contribution in [0.4, 0.5) is 0 Å². The first-order valence-electron chi connectivity index (χ1n) is 7.12. The third kappa shape index (κ3) is 6.50. The predicted octanol–water partition coefficient (Wildman–Crippen LogP) is 3.67. The molecule has 0 aliphatic carbocycles. The van der Waals surface area contributed by atoms with E-state index in [1.807, 2.05) is 0 Å². The molecule has 0 amide bonds. The molecule has 0 atom stereocenters. The van der Waals surface area contributed by atoms with E-state index in [1.165, 1.54) is 18.6 Å². The highest BCUT2D eigenvalue weighted by Crippen LogP contribution is 2.22. The minimum absolute atomic E-state index is 0.141. The Morgan fingerprint density at radius 2 is 1.89 bits per heavy atom. The fourth-order valence-electron chi connectivity index (χ4n) is 1.91. The average molecular weight is 255 g/mol. The quantitative estimate of drug-likeness (QED) is 0.678. The molecule has 0 N–H and O–H groups in total. The molecule has 0 aromatic rings. The third-order valence-electron chi connectivity index (χ3n) is 3.15. The molecule has 1 aliphatic heterocycles. The maximum Gasteiger partial charge on any atom is 0.176 e. The second kappa shape index (κ2) is 7.25. The lowest BCUT2D eigenvalue weighted by molar-refractivity contribution is -0.215. The molecule has 0 bridgehead atoms. The highest BCUT2D eigenvalue weighted by Gasteiger charge is 2.27. The van der Waals surface area contributed by atoms with Crippen LogP contribution in [0.1, 0.15) is 53.9 Å². The summed E-state index contributed by atoms with van der Waals surface area (Å²) in [7, 11) is 0. The number of ether oxygens (including phenoxy) is 2. The SMILES string of the molecule is CC(CCCC(C)C)=NCC1OCC(C)(C)CO1. The van der Waals surface area contributed by atoms with Gasteiger partial charge in [0.1, 0.15) is 0 Å². The largest absolute Gasteiger partial charge is 0.350 e. The van der Waals surface area contributed by atoms with Crippen LogP contribution < -0.4 is 0 Å². The Bertz CT molecular complexity index is 262. The molecule has 0 unspecified atom stereocenters. The fourth-order valence-corrected chi connectivity index (χ4v) is 1.91. The van der Waals surface area contributed by atoms with Crippen LogP contribution in [0.25, 0.3) is 0 Å². The standard InChI is InChI=1S/C15H29NO2/c1-12(2)7-6-8-13(3)16-9-14-17-10-15(4,5)11-18-14/h12,14H,6-11H2,1-5H3. The first-order valence-corrected chi connectivity index (χ1v) is 7.12. The smallest absolute Gasteiger partial charge is 0.176 e. The Morgan fingerprint density at radius 3 is 2.44 bits per heavy atom. The highest BCUT2D eigenvalue weighted by molar-refractivity contribution is 5.81. The summed E-state index contributed by atoms with van der Waals surface area (Å²) in [5, 5.41) is 0. The Labute approximate surface area is 112 Å². The zero-order chi connectivity index (χ0) is 13.6. The lowest BCUT2D eigenvalue weighted by Crippen LogP contribution is -2.39. The third-order valence-corrected chi connectivity index (χ3v) is 3.15. The first-order chi connectivity index (χ1) is 8.39. The van der Waals surface area contributed by atoms with Gasteiger partial charge in [-0.1, -0.05) is 34.1 Å². The molecule has 1 saturated heterocycles. The molecule has 0 aromatic carbocycles. The number of nitrogens with zero attached hydrogens (tertiary/aromatic N) is 1. The molecule has 0 spiro atoms. The van der Waals surface area contributed by atoms with Crippen LogP contribution >= 0.6 is 0 Å². The van der Waals surface area contributed by atoms with E-state index in [0.717, 1.165) is 25.6 Å². The first kappa shape index (κ1) is 15.6. The van der Waals surface area contributed by atoms with Gasteiger partial charge in [-0.3, -0.25) is 4.99 Å². The van der Waals surface area contributed by atoms with Crippen molar-refractivity contribution in [2.45, 2.75) is 60.2 Å². The van der Waals surface area contributed by atoms with E-state index in [4.69, 9.17) is 9.47 Å². The van der Waals surface area contributed by atoms with Crippen LogP contribution in [-0.2, 0) is 9.47 Å². The fraction of sp³-hybridized carbons (Fsp3) is 0.933. The van der Waals surface area contributed by atoms with Gasteiger partial charge in [-0.15, -0.1) is 0 Å². The molecule has 1 aliphatic rings. The number of aliphatic imine (C=N–C) groups is 1. The molecule has 3 heteroatoms. The summed E-state index contributed by atoms with van der Waals surface area (Å²) in [6, 6.07) is 0. The molecule has 1 rings (SSSR count). The Kier molecular flexibility index (Phi) is 6.30. The van der Waals surface area contributed by atoms with Crippen molar-refractivity contribution in [3.05, 3.63) is 0 Å². The van der Waals surface area contributed by atoms with Crippen molar-refractivity contribution in [3.8, 4) is 0 Å². The zero-order valence-corrected chi connectivity index (χ0v) is 12.7. The summed E-state index contributed by atoms with van der Waals surface area (Å²) in [4.78, 5) is 4.56. The maximum absolute atomic E-state index is 5.66. The molecular weight excluding hydrogens is 226 g/mol. The van der Waals surface area contributed by atoms with Crippen LogP contribution in [0.3, 0.4) is 0 Å². The maximum atomic E-state index is 5.66. The van der Waals surface area contributed by atoms with Crippen molar-refractivity contribution in [1.82, 2.24) is 0 Å². The summed E-state index contributed by atoms with van der Waals surface area (Å²) in [5.41, 5.74) is 1.36. The van der Waals surface area contributed by atoms with E-state index in [2.05, 4.69) is 39.6 Å². The van der Waals surface area contributed by atoms with Gasteiger partial charge < -0.3 is 9.47 Å². The summed E-state index contributed by atoms with van der Waals surface area (Å²) in [5.74, 6) is 0.782. The topological polar surface area (TPSA) is 30.8 Å². The van der Waals surface area contributed by atoms with E-state index >= 15 is 0 Å². The van der Waals surface area contributed by atoms with Gasteiger partial charge in [-0.25, -0.2) is 0 Å². The lowest BCUT2D eigenvalue weighted by atomic mass is 9.96. The lowest BCUT2D eigenvalue weighted by Gasteiger charge is -2.33. The van der Waals surface area contributed by atoms with Crippen molar-refractivity contribution in [2.75, 3.05) is 19.8 Å². The van der Waals surface area contributed by atoms with Crippen LogP contribution in [-0.4, -0.2) is 31.8 Å². The molecule has 106 valence electrons. The van der Waals surface area contributed by atoms with Gasteiger partial charge in [0.15, 0.2) is 6.29 Å². The van der Waals surface area contributed by atoms with Gasteiger partial charge in [-0.05, 0) is 25.7 Å². The van der Waals surface area contributed by atoms with E-state index < -0.39 is 0 Å². The molecule has 0 aromatic heterocycles. The summed E-state index contributed by atoms with van der Waals surface area (Å²) < 4.78 is 11.3. The second-order valence-corrected chi connectivity index (χ2v) is 6.58. The van der Waals surface area contributed by atoms with E-state index in [0.29, 0.717) is 6.54 Å². The average Bonchev–Trinajstić information content (AvgIpc) is 2.27. The van der Waals surface area contributed by atoms with Crippen LogP contribution in [0.2, 0.25) is 0 Å². The molecule has 0 saturated carbocycles.